The van der Waals surface area contributed by atoms with Crippen molar-refractivity contribution in [3.8, 4) is 5.75 Å². The van der Waals surface area contributed by atoms with Crippen LogP contribution in [0.15, 0.2) is 18.2 Å². The molecule has 1 N–H and O–H groups in total. The highest BCUT2D eigenvalue weighted by Gasteiger charge is 2.06. The maximum atomic E-state index is 9.09. The van der Waals surface area contributed by atoms with Crippen molar-refractivity contribution in [1.29, 1.82) is 0 Å². The lowest BCUT2D eigenvalue weighted by atomic mass is 10.1. The van der Waals surface area contributed by atoms with Gasteiger partial charge in [0.25, 0.3) is 0 Å². The molecular formula is C11H16O2. The van der Waals surface area contributed by atoms with Crippen LogP contribution in [-0.2, 0) is 13.0 Å². The molecule has 0 aromatic heterocycles. The summed E-state index contributed by atoms with van der Waals surface area (Å²) in [5.74, 6) is 0.856. The van der Waals surface area contributed by atoms with Gasteiger partial charge in [-0.2, -0.15) is 0 Å². The molecule has 0 fully saturated rings. The van der Waals surface area contributed by atoms with Crippen LogP contribution in [0.3, 0.4) is 0 Å². The highest BCUT2D eigenvalue weighted by molar-refractivity contribution is 5.41. The molecule has 0 bridgehead atoms. The van der Waals surface area contributed by atoms with Crippen LogP contribution in [0.4, 0.5) is 0 Å². The number of para-hydroxylation sites is 1. The molecule has 0 aliphatic carbocycles. The van der Waals surface area contributed by atoms with Crippen LogP contribution in [0, 0.1) is 0 Å². The fraction of sp³-hybridized carbons (Fsp3) is 0.455. The quantitative estimate of drug-likeness (QED) is 0.769. The minimum atomic E-state index is 0.0448. The topological polar surface area (TPSA) is 29.5 Å². The van der Waals surface area contributed by atoms with Crippen molar-refractivity contribution in [2.45, 2.75) is 26.9 Å². The normalized spacial score (nSPS) is 10.1. The molecule has 1 aromatic rings. The average molecular weight is 180 g/mol. The van der Waals surface area contributed by atoms with E-state index in [0.29, 0.717) is 6.61 Å². The number of ether oxygens (including phenoxy) is 1. The van der Waals surface area contributed by atoms with Gasteiger partial charge in [0, 0.05) is 5.56 Å². The molecule has 0 unspecified atom stereocenters. The van der Waals surface area contributed by atoms with Crippen LogP contribution in [0.2, 0.25) is 0 Å². The Morgan fingerprint density at radius 3 is 2.46 bits per heavy atom. The predicted molar refractivity (Wildman–Crippen MR) is 52.9 cm³/mol. The van der Waals surface area contributed by atoms with Crippen LogP contribution < -0.4 is 4.74 Å². The smallest absolute Gasteiger partial charge is 0.127 e. The maximum absolute atomic E-state index is 9.09. The van der Waals surface area contributed by atoms with Crippen LogP contribution in [0.25, 0.3) is 0 Å². The SMILES string of the molecule is CCOc1c(CC)cccc1CO. The lowest BCUT2D eigenvalue weighted by Gasteiger charge is -2.12. The van der Waals surface area contributed by atoms with Crippen LogP contribution in [-0.4, -0.2) is 11.7 Å². The van der Waals surface area contributed by atoms with Crippen molar-refractivity contribution in [2.75, 3.05) is 6.61 Å². The van der Waals surface area contributed by atoms with Gasteiger partial charge in [0.1, 0.15) is 5.75 Å². The maximum Gasteiger partial charge on any atom is 0.127 e. The van der Waals surface area contributed by atoms with Gasteiger partial charge in [-0.05, 0) is 18.9 Å². The van der Waals surface area contributed by atoms with Gasteiger partial charge >= 0.3 is 0 Å². The Morgan fingerprint density at radius 2 is 1.92 bits per heavy atom. The lowest BCUT2D eigenvalue weighted by molar-refractivity contribution is 0.266. The van der Waals surface area contributed by atoms with Crippen molar-refractivity contribution in [2.24, 2.45) is 0 Å². The third-order valence-corrected chi connectivity index (χ3v) is 2.02. The Balaban J connectivity index is 3.05. The number of hydrogen-bond acceptors (Lipinski definition) is 2. The lowest BCUT2D eigenvalue weighted by Crippen LogP contribution is -2.00. The molecule has 0 aliphatic rings. The van der Waals surface area contributed by atoms with Crippen LogP contribution >= 0.6 is 0 Å². The number of hydrogen-bond donors (Lipinski definition) is 1. The first-order chi connectivity index (χ1) is 6.33. The molecule has 0 heterocycles. The van der Waals surface area contributed by atoms with Gasteiger partial charge in [-0.3, -0.25) is 0 Å². The van der Waals surface area contributed by atoms with Gasteiger partial charge in [0.15, 0.2) is 0 Å². The summed E-state index contributed by atoms with van der Waals surface area (Å²) in [6.07, 6.45) is 0.934. The second-order valence-electron chi connectivity index (χ2n) is 2.85. The molecule has 0 spiro atoms. The number of benzene rings is 1. The molecule has 2 nitrogen and oxygen atoms in total. The third kappa shape index (κ3) is 2.22. The van der Waals surface area contributed by atoms with Crippen molar-refractivity contribution in [3.63, 3.8) is 0 Å². The molecule has 72 valence electrons. The minimum Gasteiger partial charge on any atom is -0.493 e. The summed E-state index contributed by atoms with van der Waals surface area (Å²) >= 11 is 0. The molecule has 0 saturated heterocycles. The predicted octanol–water partition coefficient (Wildman–Crippen LogP) is 2.14. The Labute approximate surface area is 79.2 Å². The largest absolute Gasteiger partial charge is 0.493 e. The number of rotatable bonds is 4. The standard InChI is InChI=1S/C11H16O2/c1-3-9-6-5-7-10(8-12)11(9)13-4-2/h5-7,12H,3-4,8H2,1-2H3. The zero-order chi connectivity index (χ0) is 9.68. The highest BCUT2D eigenvalue weighted by atomic mass is 16.5. The van der Waals surface area contributed by atoms with E-state index in [1.54, 1.807) is 0 Å². The van der Waals surface area contributed by atoms with Crippen LogP contribution in [0.1, 0.15) is 25.0 Å². The second kappa shape index (κ2) is 4.87. The molecule has 0 aliphatic heterocycles. The van der Waals surface area contributed by atoms with E-state index in [4.69, 9.17) is 9.84 Å². The monoisotopic (exact) mass is 180 g/mol. The molecule has 0 atom stereocenters. The summed E-state index contributed by atoms with van der Waals surface area (Å²) in [7, 11) is 0. The van der Waals surface area contributed by atoms with Gasteiger partial charge < -0.3 is 9.84 Å². The Bertz CT molecular complexity index is 247. The molecule has 2 heteroatoms. The summed E-state index contributed by atoms with van der Waals surface area (Å²) in [6, 6.07) is 5.88. The summed E-state index contributed by atoms with van der Waals surface area (Å²) in [5, 5.41) is 9.09. The summed E-state index contributed by atoms with van der Waals surface area (Å²) in [5.41, 5.74) is 2.04. The molecule has 1 rings (SSSR count). The Morgan fingerprint density at radius 1 is 1.23 bits per heavy atom. The van der Waals surface area contributed by atoms with Crippen molar-refractivity contribution < 1.29 is 9.84 Å². The van der Waals surface area contributed by atoms with E-state index in [9.17, 15) is 0 Å². The fourth-order valence-electron chi connectivity index (χ4n) is 1.37. The van der Waals surface area contributed by atoms with E-state index in [0.717, 1.165) is 23.3 Å². The first-order valence-electron chi connectivity index (χ1n) is 4.67. The zero-order valence-electron chi connectivity index (χ0n) is 8.21. The van der Waals surface area contributed by atoms with E-state index >= 15 is 0 Å². The van der Waals surface area contributed by atoms with E-state index in [-0.39, 0.29) is 6.61 Å². The van der Waals surface area contributed by atoms with Gasteiger partial charge in [0.05, 0.1) is 13.2 Å². The van der Waals surface area contributed by atoms with E-state index in [2.05, 4.69) is 6.92 Å². The first-order valence-corrected chi connectivity index (χ1v) is 4.67. The second-order valence-corrected chi connectivity index (χ2v) is 2.85. The first kappa shape index (κ1) is 10.1. The van der Waals surface area contributed by atoms with E-state index in [1.807, 2.05) is 25.1 Å². The molecule has 1 aromatic carbocycles. The summed E-state index contributed by atoms with van der Waals surface area (Å²) in [4.78, 5) is 0. The molecule has 0 radical (unpaired) electrons. The Kier molecular flexibility index (Phi) is 3.77. The van der Waals surface area contributed by atoms with Crippen molar-refractivity contribution >= 4 is 0 Å². The van der Waals surface area contributed by atoms with Gasteiger partial charge in [-0.15, -0.1) is 0 Å². The summed E-state index contributed by atoms with van der Waals surface area (Å²) in [6.45, 7) is 4.72. The minimum absolute atomic E-state index is 0.0448. The molecule has 0 amide bonds. The highest BCUT2D eigenvalue weighted by Crippen LogP contribution is 2.24. The third-order valence-electron chi connectivity index (χ3n) is 2.02. The molecule has 0 saturated carbocycles. The van der Waals surface area contributed by atoms with Crippen molar-refractivity contribution in [3.05, 3.63) is 29.3 Å². The van der Waals surface area contributed by atoms with Gasteiger partial charge in [-0.1, -0.05) is 25.1 Å². The van der Waals surface area contributed by atoms with Gasteiger partial charge in [-0.25, -0.2) is 0 Å². The van der Waals surface area contributed by atoms with E-state index < -0.39 is 0 Å². The summed E-state index contributed by atoms with van der Waals surface area (Å²) < 4.78 is 5.49. The molecular weight excluding hydrogens is 164 g/mol. The zero-order valence-corrected chi connectivity index (χ0v) is 8.21. The van der Waals surface area contributed by atoms with Crippen molar-refractivity contribution in [1.82, 2.24) is 0 Å². The fourth-order valence-corrected chi connectivity index (χ4v) is 1.37. The average Bonchev–Trinajstić information content (AvgIpc) is 2.18. The van der Waals surface area contributed by atoms with E-state index in [1.165, 1.54) is 0 Å². The van der Waals surface area contributed by atoms with Gasteiger partial charge in [0.2, 0.25) is 0 Å². The number of aliphatic hydroxyl groups excluding tert-OH is 1. The number of aliphatic hydroxyl groups is 1. The number of aryl methyl sites for hydroxylation is 1. The Hall–Kier alpha value is -1.02. The van der Waals surface area contributed by atoms with Crippen LogP contribution in [0.5, 0.6) is 5.75 Å². The molecule has 13 heavy (non-hydrogen) atoms.